The van der Waals surface area contributed by atoms with Crippen molar-refractivity contribution in [3.8, 4) is 0 Å². The van der Waals surface area contributed by atoms with Gasteiger partial charge in [-0.3, -0.25) is 4.99 Å². The van der Waals surface area contributed by atoms with Gasteiger partial charge in [0.25, 0.3) is 0 Å². The van der Waals surface area contributed by atoms with Gasteiger partial charge in [-0.15, -0.1) is 0 Å². The molecule has 0 spiro atoms. The largest absolute Gasteiger partial charge is 0.293 e. The van der Waals surface area contributed by atoms with Gasteiger partial charge in [0.05, 0.1) is 0 Å². The predicted molar refractivity (Wildman–Crippen MR) is 43.1 cm³/mol. The third-order valence-corrected chi connectivity index (χ3v) is 0.916. The quantitative estimate of drug-likeness (QED) is 0.512. The van der Waals surface area contributed by atoms with Crippen LogP contribution in [0, 0.1) is 0 Å². The minimum absolute atomic E-state index is 0.952. The molecule has 0 aliphatic carbocycles. The van der Waals surface area contributed by atoms with Crippen LogP contribution in [-0.2, 0) is 0 Å². The average Bonchev–Trinajstić information content (AvgIpc) is 1.89. The first-order valence-corrected chi connectivity index (χ1v) is 3.56. The lowest BCUT2D eigenvalue weighted by Crippen LogP contribution is -1.73. The van der Waals surface area contributed by atoms with Crippen molar-refractivity contribution < 1.29 is 0 Å². The smallest absolute Gasteiger partial charge is 0.0386 e. The molecule has 1 nitrogen and oxygen atoms in total. The lowest BCUT2D eigenvalue weighted by Gasteiger charge is -1.80. The summed E-state index contributed by atoms with van der Waals surface area (Å²) < 4.78 is 0. The Labute approximate surface area is 57.5 Å². The second-order valence-corrected chi connectivity index (χ2v) is 1.89. The molecule has 0 fully saturated rings. The lowest BCUT2D eigenvalue weighted by molar-refractivity contribution is 0.937. The van der Waals surface area contributed by atoms with Crippen molar-refractivity contribution in [3.63, 3.8) is 0 Å². The number of rotatable bonds is 4. The van der Waals surface area contributed by atoms with E-state index in [9.17, 15) is 0 Å². The van der Waals surface area contributed by atoms with Crippen LogP contribution in [0.1, 0.15) is 26.7 Å². The van der Waals surface area contributed by atoms with Crippen molar-refractivity contribution >= 4 is 6.21 Å². The molecule has 1 heteroatoms. The van der Waals surface area contributed by atoms with E-state index in [0.29, 0.717) is 0 Å². The van der Waals surface area contributed by atoms with Crippen LogP contribution in [0.15, 0.2) is 17.1 Å². The highest BCUT2D eigenvalue weighted by atomic mass is 14.7. The number of hydrogen-bond donors (Lipinski definition) is 0. The molecule has 0 aromatic heterocycles. The van der Waals surface area contributed by atoms with E-state index in [-0.39, 0.29) is 0 Å². The van der Waals surface area contributed by atoms with Gasteiger partial charge < -0.3 is 0 Å². The third-order valence-electron chi connectivity index (χ3n) is 0.916. The first-order valence-electron chi connectivity index (χ1n) is 3.56. The van der Waals surface area contributed by atoms with E-state index in [1.807, 2.05) is 12.3 Å². The molecule has 0 N–H and O–H groups in total. The van der Waals surface area contributed by atoms with Crippen LogP contribution < -0.4 is 0 Å². The van der Waals surface area contributed by atoms with E-state index in [1.54, 1.807) is 0 Å². The molecule has 0 atom stereocenters. The standard InChI is InChI=1S/C8H15N/c1-3-5-6-8-9-7-4-2/h5-6,8H,3-4,7H2,1-2H3. The molecule has 0 heterocycles. The zero-order valence-corrected chi connectivity index (χ0v) is 6.30. The Morgan fingerprint density at radius 3 is 2.67 bits per heavy atom. The van der Waals surface area contributed by atoms with E-state index >= 15 is 0 Å². The van der Waals surface area contributed by atoms with Crippen LogP contribution in [0.25, 0.3) is 0 Å². The summed E-state index contributed by atoms with van der Waals surface area (Å²) in [5, 5.41) is 0. The zero-order chi connectivity index (χ0) is 6.95. The molecule has 0 aromatic rings. The van der Waals surface area contributed by atoms with Crippen molar-refractivity contribution in [1.82, 2.24) is 0 Å². The normalized spacial score (nSPS) is 11.8. The topological polar surface area (TPSA) is 12.4 Å². The zero-order valence-electron chi connectivity index (χ0n) is 6.30. The van der Waals surface area contributed by atoms with Crippen molar-refractivity contribution in [2.24, 2.45) is 4.99 Å². The van der Waals surface area contributed by atoms with Crippen LogP contribution in [0.2, 0.25) is 0 Å². The maximum atomic E-state index is 4.12. The maximum Gasteiger partial charge on any atom is 0.0386 e. The summed E-state index contributed by atoms with van der Waals surface area (Å²) in [6.45, 7) is 5.19. The van der Waals surface area contributed by atoms with Gasteiger partial charge in [-0.1, -0.05) is 19.9 Å². The fourth-order valence-corrected chi connectivity index (χ4v) is 0.461. The maximum absolute atomic E-state index is 4.12. The Morgan fingerprint density at radius 1 is 1.33 bits per heavy atom. The Morgan fingerprint density at radius 2 is 2.11 bits per heavy atom. The first-order chi connectivity index (χ1) is 4.41. The van der Waals surface area contributed by atoms with E-state index in [1.165, 1.54) is 0 Å². The second-order valence-electron chi connectivity index (χ2n) is 1.89. The number of hydrogen-bond acceptors (Lipinski definition) is 1. The molecule has 0 aliphatic rings. The van der Waals surface area contributed by atoms with E-state index in [4.69, 9.17) is 0 Å². The average molecular weight is 125 g/mol. The number of allylic oxidation sites excluding steroid dienone is 2. The molecule has 0 radical (unpaired) electrons. The van der Waals surface area contributed by atoms with Gasteiger partial charge in [-0.05, 0) is 18.9 Å². The summed E-state index contributed by atoms with van der Waals surface area (Å²) in [4.78, 5) is 4.12. The Hall–Kier alpha value is -0.590. The van der Waals surface area contributed by atoms with Crippen LogP contribution in [0.5, 0.6) is 0 Å². The van der Waals surface area contributed by atoms with E-state index < -0.39 is 0 Å². The Kier molecular flexibility index (Phi) is 6.92. The summed E-state index contributed by atoms with van der Waals surface area (Å²) >= 11 is 0. The number of nitrogens with zero attached hydrogens (tertiary/aromatic N) is 1. The van der Waals surface area contributed by atoms with Crippen LogP contribution in [-0.4, -0.2) is 12.8 Å². The monoisotopic (exact) mass is 125 g/mol. The molecule has 0 aliphatic heterocycles. The van der Waals surface area contributed by atoms with Gasteiger partial charge in [-0.2, -0.15) is 0 Å². The second kappa shape index (κ2) is 7.41. The molecule has 0 unspecified atom stereocenters. The highest BCUT2D eigenvalue weighted by Gasteiger charge is 1.68. The third kappa shape index (κ3) is 7.41. The summed E-state index contributed by atoms with van der Waals surface area (Å²) in [6, 6.07) is 0. The van der Waals surface area contributed by atoms with Gasteiger partial charge in [0, 0.05) is 12.8 Å². The minimum Gasteiger partial charge on any atom is -0.293 e. The van der Waals surface area contributed by atoms with Gasteiger partial charge in [0.1, 0.15) is 0 Å². The Bertz CT molecular complexity index is 92.7. The highest BCUT2D eigenvalue weighted by Crippen LogP contribution is 1.78. The van der Waals surface area contributed by atoms with Crippen LogP contribution >= 0.6 is 0 Å². The van der Waals surface area contributed by atoms with Gasteiger partial charge >= 0.3 is 0 Å². The van der Waals surface area contributed by atoms with Crippen LogP contribution in [0.4, 0.5) is 0 Å². The molecule has 0 saturated heterocycles. The summed E-state index contributed by atoms with van der Waals surface area (Å²) in [5.74, 6) is 0. The molecular formula is C8H15N. The molecule has 52 valence electrons. The SMILES string of the molecule is CCC=CC=NCCC. The Balaban J connectivity index is 3.13. The van der Waals surface area contributed by atoms with Crippen molar-refractivity contribution in [1.29, 1.82) is 0 Å². The molecule has 0 rings (SSSR count). The molecule has 0 bridgehead atoms. The molecule has 0 amide bonds. The van der Waals surface area contributed by atoms with Gasteiger partial charge in [0.15, 0.2) is 0 Å². The molecule has 9 heavy (non-hydrogen) atoms. The summed E-state index contributed by atoms with van der Waals surface area (Å²) in [5.41, 5.74) is 0. The van der Waals surface area contributed by atoms with Crippen molar-refractivity contribution in [3.05, 3.63) is 12.2 Å². The van der Waals surface area contributed by atoms with Gasteiger partial charge in [0.2, 0.25) is 0 Å². The predicted octanol–water partition coefficient (Wildman–Crippen LogP) is 2.43. The molecule has 0 aromatic carbocycles. The van der Waals surface area contributed by atoms with Crippen molar-refractivity contribution in [2.45, 2.75) is 26.7 Å². The van der Waals surface area contributed by atoms with E-state index in [0.717, 1.165) is 19.4 Å². The molecule has 0 saturated carbocycles. The van der Waals surface area contributed by atoms with Crippen molar-refractivity contribution in [2.75, 3.05) is 6.54 Å². The lowest BCUT2D eigenvalue weighted by atomic mass is 10.4. The van der Waals surface area contributed by atoms with E-state index in [2.05, 4.69) is 24.9 Å². The minimum atomic E-state index is 0.952. The number of aliphatic imine (C=N–C) groups is 1. The first kappa shape index (κ1) is 8.41. The highest BCUT2D eigenvalue weighted by molar-refractivity contribution is 5.70. The van der Waals surface area contributed by atoms with Crippen LogP contribution in [0.3, 0.4) is 0 Å². The fourth-order valence-electron chi connectivity index (χ4n) is 0.461. The fraction of sp³-hybridized carbons (Fsp3) is 0.625. The molecular weight excluding hydrogens is 110 g/mol. The summed E-state index contributed by atoms with van der Waals surface area (Å²) in [6.07, 6.45) is 8.19. The van der Waals surface area contributed by atoms with Gasteiger partial charge in [-0.25, -0.2) is 0 Å². The summed E-state index contributed by atoms with van der Waals surface area (Å²) in [7, 11) is 0.